The molecule has 1 nitrogen and oxygen atoms in total. The zero-order chi connectivity index (χ0) is 21.1. The number of rotatable bonds is 6. The topological polar surface area (TPSA) is 9.23 Å². The van der Waals surface area contributed by atoms with Gasteiger partial charge in [-0.25, -0.2) is 0 Å². The monoisotopic (exact) mass is 384 g/mol. The minimum atomic E-state index is 0.585. The van der Waals surface area contributed by atoms with E-state index < -0.39 is 0 Å². The average molecular weight is 384 g/mol. The van der Waals surface area contributed by atoms with Gasteiger partial charge in [0.2, 0.25) is 0 Å². The Morgan fingerprint density at radius 2 is 1.21 bits per heavy atom. The molecule has 0 aliphatic heterocycles. The Bertz CT molecular complexity index is 956. The molecule has 0 aromatic heterocycles. The lowest BCUT2D eigenvalue weighted by molar-refractivity contribution is 0.481. The van der Waals surface area contributed by atoms with Crippen LogP contribution >= 0.6 is 0 Å². The molecule has 0 amide bonds. The van der Waals surface area contributed by atoms with Crippen molar-refractivity contribution in [3.8, 4) is 11.5 Å². The molecule has 0 saturated heterocycles. The fourth-order valence-corrected chi connectivity index (χ4v) is 4.19. The van der Waals surface area contributed by atoms with Gasteiger partial charge in [-0.3, -0.25) is 0 Å². The van der Waals surface area contributed by atoms with Gasteiger partial charge in [0.05, 0.1) is 0 Å². The van der Waals surface area contributed by atoms with E-state index in [1.54, 1.807) is 0 Å². The van der Waals surface area contributed by atoms with Crippen molar-refractivity contribution in [2.24, 2.45) is 0 Å². The zero-order valence-electron chi connectivity index (χ0n) is 19.0. The van der Waals surface area contributed by atoms with Crippen molar-refractivity contribution in [3.05, 3.63) is 81.9 Å². The summed E-state index contributed by atoms with van der Waals surface area (Å²) in [7, 11) is 0.972. The van der Waals surface area contributed by atoms with Crippen LogP contribution in [0.5, 0.6) is 11.5 Å². The van der Waals surface area contributed by atoms with Crippen molar-refractivity contribution in [3.63, 3.8) is 0 Å². The molecular formula is C27H33BO. The van der Waals surface area contributed by atoms with E-state index in [9.17, 15) is 0 Å². The molecule has 0 N–H and O–H groups in total. The second kappa shape index (κ2) is 8.90. The van der Waals surface area contributed by atoms with E-state index in [-0.39, 0.29) is 0 Å². The van der Waals surface area contributed by atoms with Crippen LogP contribution in [0.2, 0.25) is 0 Å². The molecule has 0 aliphatic rings. The number of benzene rings is 3. The van der Waals surface area contributed by atoms with Gasteiger partial charge in [0.1, 0.15) is 11.5 Å². The lowest BCUT2D eigenvalue weighted by Crippen LogP contribution is -2.34. The lowest BCUT2D eigenvalue weighted by atomic mass is 9.58. The number of ether oxygens (including phenoxy) is 1. The zero-order valence-corrected chi connectivity index (χ0v) is 19.0. The molecule has 0 saturated carbocycles. The van der Waals surface area contributed by atoms with Gasteiger partial charge < -0.3 is 4.74 Å². The highest BCUT2D eigenvalue weighted by molar-refractivity contribution is 6.69. The maximum atomic E-state index is 6.18. The Morgan fingerprint density at radius 1 is 0.724 bits per heavy atom. The Kier molecular flexibility index (Phi) is 6.52. The van der Waals surface area contributed by atoms with Crippen LogP contribution in [0.25, 0.3) is 0 Å². The van der Waals surface area contributed by atoms with Crippen LogP contribution in [0.4, 0.5) is 0 Å². The Labute approximate surface area is 177 Å². The molecule has 2 heteroatoms. The van der Waals surface area contributed by atoms with Crippen molar-refractivity contribution < 1.29 is 4.74 Å². The van der Waals surface area contributed by atoms with Gasteiger partial charge >= 0.3 is 0 Å². The van der Waals surface area contributed by atoms with Crippen LogP contribution in [0.3, 0.4) is 0 Å². The third-order valence-corrected chi connectivity index (χ3v) is 6.16. The Hall–Kier alpha value is -2.48. The first-order valence-electron chi connectivity index (χ1n) is 10.7. The summed E-state index contributed by atoms with van der Waals surface area (Å²) in [6.07, 6.45) is 1.15. The molecule has 1 unspecified atom stereocenters. The third kappa shape index (κ3) is 4.93. The molecule has 0 fully saturated rings. The molecule has 0 radical (unpaired) electrons. The Morgan fingerprint density at radius 3 is 1.69 bits per heavy atom. The summed E-state index contributed by atoms with van der Waals surface area (Å²) in [6.45, 7) is 15.5. The van der Waals surface area contributed by atoms with Crippen LogP contribution in [-0.4, -0.2) is 7.28 Å². The summed E-state index contributed by atoms with van der Waals surface area (Å²) >= 11 is 0. The van der Waals surface area contributed by atoms with Crippen molar-refractivity contribution in [2.75, 3.05) is 0 Å². The highest BCUT2D eigenvalue weighted by Crippen LogP contribution is 2.26. The van der Waals surface area contributed by atoms with Gasteiger partial charge in [0.15, 0.2) is 7.28 Å². The summed E-state index contributed by atoms with van der Waals surface area (Å²) in [4.78, 5) is 0. The van der Waals surface area contributed by atoms with Gasteiger partial charge in [0, 0.05) is 0 Å². The van der Waals surface area contributed by atoms with Gasteiger partial charge in [0.25, 0.3) is 0 Å². The summed E-state index contributed by atoms with van der Waals surface area (Å²) in [5.41, 5.74) is 10.9. The van der Waals surface area contributed by atoms with Crippen molar-refractivity contribution in [2.45, 2.75) is 60.8 Å². The quantitative estimate of drug-likeness (QED) is 0.479. The number of hydrogen-bond acceptors (Lipinski definition) is 1. The van der Waals surface area contributed by atoms with E-state index in [2.05, 4.69) is 97.0 Å². The van der Waals surface area contributed by atoms with Crippen LogP contribution in [0, 0.1) is 34.6 Å². The van der Waals surface area contributed by atoms with Gasteiger partial charge in [-0.1, -0.05) is 76.9 Å². The number of aryl methyl sites for hydroxylation is 5. The maximum absolute atomic E-state index is 6.18. The molecule has 3 rings (SSSR count). The van der Waals surface area contributed by atoms with Crippen LogP contribution in [0.1, 0.15) is 59.6 Å². The minimum absolute atomic E-state index is 0.585. The highest BCUT2D eigenvalue weighted by atomic mass is 16.5. The molecule has 3 aromatic carbocycles. The highest BCUT2D eigenvalue weighted by Gasteiger charge is 2.13. The molecule has 0 aliphatic carbocycles. The normalized spacial score (nSPS) is 12.0. The molecule has 0 spiro atoms. The first-order chi connectivity index (χ1) is 13.8. The Balaban J connectivity index is 1.83. The molecule has 0 heterocycles. The predicted molar refractivity (Wildman–Crippen MR) is 128 cm³/mol. The molecule has 0 bridgehead atoms. The van der Waals surface area contributed by atoms with E-state index >= 15 is 0 Å². The second-order valence-corrected chi connectivity index (χ2v) is 8.57. The van der Waals surface area contributed by atoms with Gasteiger partial charge in [-0.15, -0.1) is 0 Å². The summed E-state index contributed by atoms with van der Waals surface area (Å²) in [5, 5.41) is 0. The average Bonchev–Trinajstić information content (AvgIpc) is 2.66. The van der Waals surface area contributed by atoms with Crippen molar-refractivity contribution in [1.82, 2.24) is 0 Å². The third-order valence-electron chi connectivity index (χ3n) is 6.16. The van der Waals surface area contributed by atoms with Gasteiger partial charge in [-0.2, -0.15) is 0 Å². The smallest absolute Gasteiger partial charge is 0.193 e. The molecular weight excluding hydrogens is 351 g/mol. The molecule has 150 valence electrons. The molecule has 29 heavy (non-hydrogen) atoms. The first-order valence-corrected chi connectivity index (χ1v) is 10.7. The standard InChI is InChI=1S/C27H33BO/c1-8-18(3)23-9-11-24(12-10-23)29-25-15-21(6)27(22(7)16-25)28-26-19(4)13-17(2)14-20(26)5/h9-16,18,28H,8H2,1-7H3. The number of hydrogen-bond donors (Lipinski definition) is 0. The maximum Gasteiger partial charge on any atom is 0.193 e. The largest absolute Gasteiger partial charge is 0.457 e. The van der Waals surface area contributed by atoms with E-state index in [0.29, 0.717) is 5.92 Å². The van der Waals surface area contributed by atoms with Crippen LogP contribution in [0.15, 0.2) is 48.5 Å². The van der Waals surface area contributed by atoms with E-state index in [4.69, 9.17) is 4.74 Å². The summed E-state index contributed by atoms with van der Waals surface area (Å²) in [6, 6.07) is 17.4. The predicted octanol–water partition coefficient (Wildman–Crippen LogP) is 5.92. The second-order valence-electron chi connectivity index (χ2n) is 8.57. The van der Waals surface area contributed by atoms with Crippen LogP contribution in [-0.2, 0) is 0 Å². The van der Waals surface area contributed by atoms with Crippen molar-refractivity contribution in [1.29, 1.82) is 0 Å². The van der Waals surface area contributed by atoms with E-state index in [0.717, 1.165) is 25.2 Å². The van der Waals surface area contributed by atoms with E-state index in [1.807, 2.05) is 0 Å². The minimum Gasteiger partial charge on any atom is -0.457 e. The lowest BCUT2D eigenvalue weighted by Gasteiger charge is -2.16. The fraction of sp³-hybridized carbons (Fsp3) is 0.333. The first kappa shape index (κ1) is 21.2. The summed E-state index contributed by atoms with van der Waals surface area (Å²) < 4.78 is 6.18. The molecule has 3 aromatic rings. The van der Waals surface area contributed by atoms with Gasteiger partial charge in [-0.05, 0) is 76.8 Å². The van der Waals surface area contributed by atoms with Crippen LogP contribution < -0.4 is 15.7 Å². The molecule has 1 atom stereocenters. The summed E-state index contributed by atoms with van der Waals surface area (Å²) in [5.74, 6) is 2.40. The fourth-order valence-electron chi connectivity index (χ4n) is 4.19. The van der Waals surface area contributed by atoms with E-state index in [1.165, 1.54) is 44.3 Å². The SMILES string of the molecule is CCC(C)c1ccc(Oc2cc(C)c(Bc3c(C)cc(C)cc3C)c(C)c2)cc1. The van der Waals surface area contributed by atoms with Crippen molar-refractivity contribution >= 4 is 18.2 Å².